The van der Waals surface area contributed by atoms with Crippen LogP contribution >= 0.6 is 34.5 Å². The van der Waals surface area contributed by atoms with Crippen LogP contribution in [0.25, 0.3) is 0 Å². The highest BCUT2D eigenvalue weighted by Gasteiger charge is 2.27. The maximum absolute atomic E-state index is 12.6. The smallest absolute Gasteiger partial charge is 0.264 e. The Bertz CT molecular complexity index is 847. The van der Waals surface area contributed by atoms with Crippen LogP contribution in [-0.4, -0.2) is 35.8 Å². The third-order valence-electron chi connectivity index (χ3n) is 4.02. The summed E-state index contributed by atoms with van der Waals surface area (Å²) in [5, 5.41) is 3.40. The number of hydrogen-bond acceptors (Lipinski definition) is 3. The molecule has 1 aliphatic rings. The topological polar surface area (TPSA) is 49.4 Å². The summed E-state index contributed by atoms with van der Waals surface area (Å²) in [6.07, 6.45) is 3.85. The monoisotopic (exact) mass is 394 g/mol. The van der Waals surface area contributed by atoms with Crippen LogP contribution in [0, 0.1) is 6.92 Å². The van der Waals surface area contributed by atoms with Crippen molar-refractivity contribution in [3.8, 4) is 0 Å². The number of carbonyl (C=O) groups is 2. The zero-order valence-corrected chi connectivity index (χ0v) is 15.8. The van der Waals surface area contributed by atoms with Gasteiger partial charge in [0.25, 0.3) is 11.8 Å². The molecule has 0 bridgehead atoms. The largest absolute Gasteiger partial charge is 0.350 e. The van der Waals surface area contributed by atoms with Gasteiger partial charge in [-0.3, -0.25) is 9.59 Å². The average Bonchev–Trinajstić information content (AvgIpc) is 3.23. The number of hydrogen-bond donors (Lipinski definition) is 1. The van der Waals surface area contributed by atoms with Gasteiger partial charge >= 0.3 is 0 Å². The second-order valence-corrected chi connectivity index (χ2v) is 7.88. The van der Waals surface area contributed by atoms with Crippen LogP contribution in [0.4, 0.5) is 0 Å². The highest BCUT2D eigenvalue weighted by Crippen LogP contribution is 2.24. The summed E-state index contributed by atoms with van der Waals surface area (Å²) in [6, 6.07) is 8.45. The Hall–Kier alpha value is -1.82. The number of thiophene rings is 1. The van der Waals surface area contributed by atoms with Crippen LogP contribution in [0.1, 0.15) is 25.6 Å². The number of aryl methyl sites for hydroxylation is 1. The van der Waals surface area contributed by atoms with Crippen molar-refractivity contribution < 1.29 is 9.59 Å². The molecule has 4 nitrogen and oxygen atoms in total. The van der Waals surface area contributed by atoms with Gasteiger partial charge in [-0.2, -0.15) is 0 Å². The Morgan fingerprint density at radius 2 is 2.08 bits per heavy atom. The first-order chi connectivity index (χ1) is 12.0. The molecular weight excluding hydrogens is 379 g/mol. The van der Waals surface area contributed by atoms with Crippen LogP contribution in [0.5, 0.6) is 0 Å². The summed E-state index contributed by atoms with van der Waals surface area (Å²) < 4.78 is 0.580. The fourth-order valence-electron chi connectivity index (χ4n) is 2.68. The van der Waals surface area contributed by atoms with Gasteiger partial charge in [-0.15, -0.1) is 11.3 Å². The predicted octanol–water partition coefficient (Wildman–Crippen LogP) is 4.17. The fraction of sp³-hybridized carbons (Fsp3) is 0.222. The van der Waals surface area contributed by atoms with E-state index in [4.69, 9.17) is 23.2 Å². The summed E-state index contributed by atoms with van der Waals surface area (Å²) in [5.74, 6) is -0.285. The molecule has 0 radical (unpaired) electrons. The van der Waals surface area contributed by atoms with Crippen molar-refractivity contribution >= 4 is 46.4 Å². The third-order valence-corrected chi connectivity index (χ3v) is 5.48. The van der Waals surface area contributed by atoms with Gasteiger partial charge < -0.3 is 10.2 Å². The van der Waals surface area contributed by atoms with Gasteiger partial charge in [-0.25, -0.2) is 0 Å². The Kier molecular flexibility index (Phi) is 5.47. The van der Waals surface area contributed by atoms with Crippen molar-refractivity contribution in [3.05, 3.63) is 67.8 Å². The first kappa shape index (κ1) is 18.0. The summed E-state index contributed by atoms with van der Waals surface area (Å²) in [4.78, 5) is 27.3. The summed E-state index contributed by atoms with van der Waals surface area (Å²) in [6.45, 7) is 2.72. The second-order valence-electron chi connectivity index (χ2n) is 5.73. The van der Waals surface area contributed by atoms with Gasteiger partial charge in [0.1, 0.15) is 0 Å². The number of benzene rings is 1. The number of nitrogens with one attached hydrogen (secondary N) is 1. The molecule has 1 aromatic heterocycles. The molecule has 130 valence electrons. The minimum Gasteiger partial charge on any atom is -0.350 e. The Morgan fingerprint density at radius 3 is 2.80 bits per heavy atom. The van der Waals surface area contributed by atoms with Gasteiger partial charge in [-0.1, -0.05) is 41.4 Å². The van der Waals surface area contributed by atoms with E-state index < -0.39 is 0 Å². The first-order valence-electron chi connectivity index (χ1n) is 7.73. The van der Waals surface area contributed by atoms with E-state index in [0.717, 1.165) is 5.56 Å². The van der Waals surface area contributed by atoms with Crippen molar-refractivity contribution in [1.29, 1.82) is 0 Å². The highest BCUT2D eigenvalue weighted by molar-refractivity contribution is 7.17. The lowest BCUT2D eigenvalue weighted by molar-refractivity contribution is 0.0744. The van der Waals surface area contributed by atoms with E-state index in [2.05, 4.69) is 5.32 Å². The zero-order valence-electron chi connectivity index (χ0n) is 13.5. The molecule has 1 atom stereocenters. The molecule has 7 heteroatoms. The van der Waals surface area contributed by atoms with Gasteiger partial charge in [-0.05, 0) is 36.8 Å². The van der Waals surface area contributed by atoms with E-state index in [1.165, 1.54) is 11.3 Å². The van der Waals surface area contributed by atoms with E-state index in [1.807, 2.05) is 25.1 Å². The minimum absolute atomic E-state index is 0.0833. The van der Waals surface area contributed by atoms with Crippen molar-refractivity contribution in [1.82, 2.24) is 10.2 Å². The number of halogens is 2. The molecule has 3 rings (SSSR count). The third kappa shape index (κ3) is 4.06. The van der Waals surface area contributed by atoms with E-state index in [1.54, 1.807) is 29.2 Å². The standard InChI is InChI=1S/C18H16Cl2N2O2S/c1-11-4-5-12(19)9-14(11)17(23)21-10-13-3-2-8-22(13)18(24)15-6-7-16(20)25-15/h2-7,9,13H,8,10H2,1H3,(H,21,23). The summed E-state index contributed by atoms with van der Waals surface area (Å²) >= 11 is 13.1. The van der Waals surface area contributed by atoms with E-state index >= 15 is 0 Å². The SMILES string of the molecule is Cc1ccc(Cl)cc1C(=O)NCC1C=CCN1C(=O)c1ccc(Cl)s1. The molecule has 0 aliphatic carbocycles. The number of amides is 2. The zero-order chi connectivity index (χ0) is 18.0. The molecule has 2 heterocycles. The van der Waals surface area contributed by atoms with E-state index in [9.17, 15) is 9.59 Å². The van der Waals surface area contributed by atoms with Crippen molar-refractivity contribution in [2.24, 2.45) is 0 Å². The van der Waals surface area contributed by atoms with Gasteiger partial charge in [0.05, 0.1) is 15.3 Å². The number of carbonyl (C=O) groups excluding carboxylic acids is 2. The Labute approximate surface area is 160 Å². The molecule has 0 fully saturated rings. The van der Waals surface area contributed by atoms with Gasteiger partial charge in [0.15, 0.2) is 0 Å². The van der Waals surface area contributed by atoms with Gasteiger partial charge in [0.2, 0.25) is 0 Å². The lowest BCUT2D eigenvalue weighted by Crippen LogP contribution is -2.43. The Morgan fingerprint density at radius 1 is 1.28 bits per heavy atom. The quantitative estimate of drug-likeness (QED) is 0.790. The van der Waals surface area contributed by atoms with Crippen molar-refractivity contribution in [2.45, 2.75) is 13.0 Å². The molecule has 0 saturated heterocycles. The predicted molar refractivity (Wildman–Crippen MR) is 102 cm³/mol. The molecule has 1 aromatic carbocycles. The van der Waals surface area contributed by atoms with Crippen LogP contribution in [0.2, 0.25) is 9.36 Å². The molecule has 0 saturated carbocycles. The van der Waals surface area contributed by atoms with Crippen molar-refractivity contribution in [3.63, 3.8) is 0 Å². The molecule has 2 aromatic rings. The lowest BCUT2D eigenvalue weighted by atomic mass is 10.1. The summed E-state index contributed by atoms with van der Waals surface area (Å²) in [5.41, 5.74) is 1.39. The highest BCUT2D eigenvalue weighted by atomic mass is 35.5. The maximum Gasteiger partial charge on any atom is 0.264 e. The lowest BCUT2D eigenvalue weighted by Gasteiger charge is -2.24. The Balaban J connectivity index is 1.65. The summed E-state index contributed by atoms with van der Waals surface area (Å²) in [7, 11) is 0. The average molecular weight is 395 g/mol. The van der Waals surface area contributed by atoms with Crippen LogP contribution < -0.4 is 5.32 Å². The molecule has 0 spiro atoms. The second kappa shape index (κ2) is 7.60. The van der Waals surface area contributed by atoms with Crippen LogP contribution in [0.3, 0.4) is 0 Å². The first-order valence-corrected chi connectivity index (χ1v) is 9.30. The molecular formula is C18H16Cl2N2O2S. The molecule has 25 heavy (non-hydrogen) atoms. The van der Waals surface area contributed by atoms with Crippen molar-refractivity contribution in [2.75, 3.05) is 13.1 Å². The molecule has 1 N–H and O–H groups in total. The fourth-order valence-corrected chi connectivity index (χ4v) is 3.86. The van der Waals surface area contributed by atoms with Crippen LogP contribution in [0.15, 0.2) is 42.5 Å². The van der Waals surface area contributed by atoms with E-state index in [-0.39, 0.29) is 17.9 Å². The van der Waals surface area contributed by atoms with Gasteiger partial charge in [0, 0.05) is 23.7 Å². The maximum atomic E-state index is 12.6. The molecule has 1 aliphatic heterocycles. The molecule has 1 unspecified atom stereocenters. The number of nitrogens with zero attached hydrogens (tertiary/aromatic N) is 1. The normalized spacial score (nSPS) is 16.3. The molecule has 2 amide bonds. The van der Waals surface area contributed by atoms with Crippen LogP contribution in [-0.2, 0) is 0 Å². The number of rotatable bonds is 4. The minimum atomic E-state index is -0.202. The van der Waals surface area contributed by atoms with E-state index in [0.29, 0.717) is 32.9 Å².